The fourth-order valence-corrected chi connectivity index (χ4v) is 3.82. The molecule has 2 aliphatic heterocycles. The lowest BCUT2D eigenvalue weighted by Crippen LogP contribution is -2.55. The quantitative estimate of drug-likeness (QED) is 0.860. The van der Waals surface area contributed by atoms with Crippen molar-refractivity contribution in [3.8, 4) is 0 Å². The first kappa shape index (κ1) is 13.8. The molecular weight excluding hydrogens is 250 g/mol. The number of fused-ring (bicyclic) bond motifs is 1. The highest BCUT2D eigenvalue weighted by molar-refractivity contribution is 6.00. The van der Waals surface area contributed by atoms with E-state index in [1.807, 2.05) is 30.3 Å². The third-order valence-corrected chi connectivity index (χ3v) is 4.85. The van der Waals surface area contributed by atoms with Crippen LogP contribution in [0.5, 0.6) is 0 Å². The summed E-state index contributed by atoms with van der Waals surface area (Å²) in [4.78, 5) is 15.2. The molecule has 3 unspecified atom stereocenters. The first-order valence-electron chi connectivity index (χ1n) is 7.75. The minimum absolute atomic E-state index is 0.0337. The van der Waals surface area contributed by atoms with Crippen molar-refractivity contribution < 1.29 is 9.90 Å². The molecule has 2 heterocycles. The second kappa shape index (κ2) is 6.06. The third kappa shape index (κ3) is 2.65. The number of carbonyl (C=O) groups is 1. The number of rotatable bonds is 3. The van der Waals surface area contributed by atoms with E-state index < -0.39 is 0 Å². The van der Waals surface area contributed by atoms with E-state index in [0.29, 0.717) is 6.04 Å². The smallest absolute Gasteiger partial charge is 0.179 e. The lowest BCUT2D eigenvalue weighted by atomic mass is 9.80. The van der Waals surface area contributed by atoms with Gasteiger partial charge in [-0.25, -0.2) is 0 Å². The van der Waals surface area contributed by atoms with Crippen LogP contribution in [-0.2, 0) is 0 Å². The average Bonchev–Trinajstić information content (AvgIpc) is 2.54. The molecule has 0 amide bonds. The Kier molecular flexibility index (Phi) is 4.18. The van der Waals surface area contributed by atoms with Crippen molar-refractivity contribution in [2.45, 2.75) is 44.2 Å². The molecule has 2 fully saturated rings. The van der Waals surface area contributed by atoms with E-state index in [-0.39, 0.29) is 24.3 Å². The van der Waals surface area contributed by atoms with Crippen LogP contribution in [0.4, 0.5) is 0 Å². The highest BCUT2D eigenvalue weighted by atomic mass is 16.3. The van der Waals surface area contributed by atoms with Crippen LogP contribution in [0.3, 0.4) is 0 Å². The Morgan fingerprint density at radius 3 is 2.75 bits per heavy atom. The van der Waals surface area contributed by atoms with E-state index >= 15 is 0 Å². The fraction of sp³-hybridized carbons (Fsp3) is 0.588. The first-order valence-corrected chi connectivity index (χ1v) is 7.75. The van der Waals surface area contributed by atoms with Crippen LogP contribution in [0.15, 0.2) is 30.3 Å². The molecule has 0 spiro atoms. The normalized spacial score (nSPS) is 30.8. The largest absolute Gasteiger partial charge is 0.396 e. The maximum absolute atomic E-state index is 12.8. The molecule has 2 aliphatic rings. The van der Waals surface area contributed by atoms with E-state index in [4.69, 9.17) is 0 Å². The summed E-state index contributed by atoms with van der Waals surface area (Å²) in [7, 11) is 0. The van der Waals surface area contributed by atoms with Crippen molar-refractivity contribution in [1.29, 1.82) is 0 Å². The van der Waals surface area contributed by atoms with Crippen LogP contribution in [0.25, 0.3) is 0 Å². The Morgan fingerprint density at radius 1 is 1.20 bits per heavy atom. The number of Topliss-reactive ketones (excluding diaryl/α,β-unsaturated/α-hetero) is 1. The summed E-state index contributed by atoms with van der Waals surface area (Å²) in [5.41, 5.74) is 0.806. The van der Waals surface area contributed by atoms with Gasteiger partial charge < -0.3 is 5.11 Å². The lowest BCUT2D eigenvalue weighted by Gasteiger charge is -2.46. The van der Waals surface area contributed by atoms with Gasteiger partial charge in [-0.05, 0) is 38.1 Å². The number of ketones is 1. The zero-order valence-corrected chi connectivity index (χ0v) is 11.9. The van der Waals surface area contributed by atoms with Gasteiger partial charge in [0.05, 0.1) is 6.04 Å². The second-order valence-corrected chi connectivity index (χ2v) is 6.15. The van der Waals surface area contributed by atoms with Gasteiger partial charge in [0.15, 0.2) is 5.78 Å². The minimum atomic E-state index is -0.0337. The highest BCUT2D eigenvalue weighted by Crippen LogP contribution is 2.34. The van der Waals surface area contributed by atoms with Gasteiger partial charge in [-0.1, -0.05) is 36.8 Å². The lowest BCUT2D eigenvalue weighted by molar-refractivity contribution is 0.0128. The van der Waals surface area contributed by atoms with Gasteiger partial charge in [0, 0.05) is 18.2 Å². The van der Waals surface area contributed by atoms with Crippen LogP contribution in [-0.4, -0.2) is 41.0 Å². The maximum atomic E-state index is 12.8. The molecule has 0 bridgehead atoms. The van der Waals surface area contributed by atoms with Crippen molar-refractivity contribution in [2.75, 3.05) is 13.2 Å². The molecule has 0 radical (unpaired) electrons. The topological polar surface area (TPSA) is 40.5 Å². The summed E-state index contributed by atoms with van der Waals surface area (Å²) in [6.07, 6.45) is 5.48. The van der Waals surface area contributed by atoms with E-state index in [9.17, 15) is 9.90 Å². The van der Waals surface area contributed by atoms with Gasteiger partial charge in [-0.3, -0.25) is 9.69 Å². The zero-order valence-electron chi connectivity index (χ0n) is 11.9. The van der Waals surface area contributed by atoms with E-state index in [1.165, 1.54) is 19.3 Å². The molecule has 0 aromatic heterocycles. The van der Waals surface area contributed by atoms with Crippen LogP contribution < -0.4 is 0 Å². The van der Waals surface area contributed by atoms with Crippen molar-refractivity contribution in [2.24, 2.45) is 5.92 Å². The first-order chi connectivity index (χ1) is 9.79. The molecule has 20 heavy (non-hydrogen) atoms. The molecule has 3 rings (SSSR count). The third-order valence-electron chi connectivity index (χ3n) is 4.85. The van der Waals surface area contributed by atoms with Gasteiger partial charge in [0.1, 0.15) is 0 Å². The molecule has 3 nitrogen and oxygen atoms in total. The molecule has 1 aromatic rings. The van der Waals surface area contributed by atoms with Gasteiger partial charge in [0.2, 0.25) is 0 Å². The van der Waals surface area contributed by atoms with Gasteiger partial charge in [-0.15, -0.1) is 0 Å². The predicted molar refractivity (Wildman–Crippen MR) is 78.7 cm³/mol. The van der Waals surface area contributed by atoms with Crippen molar-refractivity contribution in [1.82, 2.24) is 4.90 Å². The van der Waals surface area contributed by atoms with Crippen LogP contribution in [0.2, 0.25) is 0 Å². The van der Waals surface area contributed by atoms with Crippen LogP contribution in [0, 0.1) is 5.92 Å². The van der Waals surface area contributed by atoms with E-state index in [1.54, 1.807) is 0 Å². The van der Waals surface area contributed by atoms with Crippen molar-refractivity contribution in [3.63, 3.8) is 0 Å². The van der Waals surface area contributed by atoms with Gasteiger partial charge in [0.25, 0.3) is 0 Å². The number of benzene rings is 1. The zero-order chi connectivity index (χ0) is 13.9. The molecule has 1 N–H and O–H groups in total. The molecule has 1 aromatic carbocycles. The number of carbonyl (C=O) groups excluding carboxylic acids is 1. The van der Waals surface area contributed by atoms with Gasteiger partial charge >= 0.3 is 0 Å². The average molecular weight is 273 g/mol. The van der Waals surface area contributed by atoms with Gasteiger partial charge in [-0.2, -0.15) is 0 Å². The number of hydrogen-bond acceptors (Lipinski definition) is 3. The van der Waals surface area contributed by atoms with Crippen molar-refractivity contribution in [3.05, 3.63) is 35.9 Å². The van der Waals surface area contributed by atoms with E-state index in [2.05, 4.69) is 4.90 Å². The molecule has 3 atom stereocenters. The summed E-state index contributed by atoms with van der Waals surface area (Å²) >= 11 is 0. The van der Waals surface area contributed by atoms with Crippen LogP contribution >= 0.6 is 0 Å². The van der Waals surface area contributed by atoms with Crippen molar-refractivity contribution >= 4 is 5.78 Å². The summed E-state index contributed by atoms with van der Waals surface area (Å²) < 4.78 is 0. The summed E-state index contributed by atoms with van der Waals surface area (Å²) in [6.45, 7) is 1.25. The SMILES string of the molecule is O=C(c1ccccc1)C1CC(CO)CC2CCCCN21. The molecule has 3 heteroatoms. The Labute approximate surface area is 120 Å². The number of aliphatic hydroxyl groups is 1. The Balaban J connectivity index is 1.83. The number of hydrogen-bond donors (Lipinski definition) is 1. The highest BCUT2D eigenvalue weighted by Gasteiger charge is 2.39. The molecule has 2 saturated heterocycles. The number of aliphatic hydroxyl groups excluding tert-OH is 1. The number of nitrogens with zero attached hydrogens (tertiary/aromatic N) is 1. The number of piperidine rings is 2. The molecule has 0 aliphatic carbocycles. The van der Waals surface area contributed by atoms with E-state index in [0.717, 1.165) is 24.9 Å². The monoisotopic (exact) mass is 273 g/mol. The fourth-order valence-electron chi connectivity index (χ4n) is 3.82. The maximum Gasteiger partial charge on any atom is 0.179 e. The summed E-state index contributed by atoms with van der Waals surface area (Å²) in [6, 6.07) is 10.1. The Morgan fingerprint density at radius 2 is 2.00 bits per heavy atom. The summed E-state index contributed by atoms with van der Waals surface area (Å²) in [5.74, 6) is 0.516. The standard InChI is InChI=1S/C17H23NO2/c19-12-13-10-15-8-4-5-9-18(15)16(11-13)17(20)14-6-2-1-3-7-14/h1-3,6-7,13,15-16,19H,4-5,8-12H2. The molecule has 108 valence electrons. The van der Waals surface area contributed by atoms with Crippen LogP contribution in [0.1, 0.15) is 42.5 Å². The summed E-state index contributed by atoms with van der Waals surface area (Å²) in [5, 5.41) is 9.52. The minimum Gasteiger partial charge on any atom is -0.396 e. The molecular formula is C17H23NO2. The Bertz CT molecular complexity index is 459. The second-order valence-electron chi connectivity index (χ2n) is 6.15. The molecule has 0 saturated carbocycles. The Hall–Kier alpha value is -1.19. The predicted octanol–water partition coefficient (Wildman–Crippen LogP) is 2.49.